The van der Waals surface area contributed by atoms with E-state index < -0.39 is 0 Å². The monoisotopic (exact) mass is 399 g/mol. The summed E-state index contributed by atoms with van der Waals surface area (Å²) in [7, 11) is 3.56. The van der Waals surface area contributed by atoms with Crippen LogP contribution in [-0.2, 0) is 6.54 Å². The zero-order valence-corrected chi connectivity index (χ0v) is 18.0. The topological polar surface area (TPSA) is 66.1 Å². The van der Waals surface area contributed by atoms with Crippen molar-refractivity contribution >= 4 is 5.96 Å². The van der Waals surface area contributed by atoms with Crippen LogP contribution in [0, 0.1) is 6.92 Å². The quantitative estimate of drug-likeness (QED) is 0.570. The Hall–Kier alpha value is -2.54. The van der Waals surface area contributed by atoms with Crippen molar-refractivity contribution in [1.82, 2.24) is 20.3 Å². The number of guanidine groups is 1. The Morgan fingerprint density at radius 3 is 2.55 bits per heavy atom. The van der Waals surface area contributed by atoms with Gasteiger partial charge in [0.05, 0.1) is 12.8 Å². The van der Waals surface area contributed by atoms with E-state index in [2.05, 4.69) is 44.3 Å². The van der Waals surface area contributed by atoms with Crippen LogP contribution in [0.3, 0.4) is 0 Å². The Morgan fingerprint density at radius 1 is 1.24 bits per heavy atom. The lowest BCUT2D eigenvalue weighted by Gasteiger charge is -2.36. The molecule has 1 aromatic heterocycles. The highest BCUT2D eigenvalue weighted by Gasteiger charge is 2.20. The van der Waals surface area contributed by atoms with Crippen molar-refractivity contribution in [2.24, 2.45) is 4.99 Å². The summed E-state index contributed by atoms with van der Waals surface area (Å²) in [4.78, 5) is 9.23. The molecule has 0 aliphatic carbocycles. The minimum absolute atomic E-state index is 0.481. The summed E-state index contributed by atoms with van der Waals surface area (Å²) in [6.07, 6.45) is 1.05. The van der Waals surface area contributed by atoms with Gasteiger partial charge in [0.15, 0.2) is 5.96 Å². The molecule has 7 heteroatoms. The first-order valence-electron chi connectivity index (χ1n) is 10.3. The number of ether oxygens (including phenoxy) is 1. The van der Waals surface area contributed by atoms with Gasteiger partial charge in [0.2, 0.25) is 0 Å². The summed E-state index contributed by atoms with van der Waals surface area (Å²) in [5, 5.41) is 7.63. The molecule has 1 aliphatic heterocycles. The number of benzene rings is 1. The molecule has 1 saturated heterocycles. The SMILES string of the molecule is CN=C(NCCC(C)c1ccc(OC)cc1)N1CCN(Cc2cc(C)on2)CC1. The van der Waals surface area contributed by atoms with Gasteiger partial charge in [-0.3, -0.25) is 9.89 Å². The van der Waals surface area contributed by atoms with E-state index in [1.54, 1.807) is 7.11 Å². The molecule has 1 atom stereocenters. The molecule has 2 heterocycles. The molecule has 2 aromatic rings. The van der Waals surface area contributed by atoms with Crippen molar-refractivity contribution in [3.8, 4) is 5.75 Å². The van der Waals surface area contributed by atoms with Gasteiger partial charge in [-0.05, 0) is 37.0 Å². The number of nitrogens with one attached hydrogen (secondary N) is 1. The van der Waals surface area contributed by atoms with Crippen molar-refractivity contribution < 1.29 is 9.26 Å². The molecule has 1 aliphatic rings. The van der Waals surface area contributed by atoms with Crippen molar-refractivity contribution in [3.63, 3.8) is 0 Å². The molecule has 1 aromatic carbocycles. The summed E-state index contributed by atoms with van der Waals surface area (Å²) in [6, 6.07) is 10.4. The van der Waals surface area contributed by atoms with Crippen LogP contribution in [0.25, 0.3) is 0 Å². The Kier molecular flexibility index (Phi) is 7.52. The van der Waals surface area contributed by atoms with Crippen LogP contribution in [0.1, 0.15) is 36.3 Å². The molecular formula is C22H33N5O2. The Morgan fingerprint density at radius 2 is 1.97 bits per heavy atom. The largest absolute Gasteiger partial charge is 0.497 e. The second-order valence-electron chi connectivity index (χ2n) is 7.63. The van der Waals surface area contributed by atoms with Crippen molar-refractivity contribution in [3.05, 3.63) is 47.3 Å². The van der Waals surface area contributed by atoms with Crippen LogP contribution in [0.5, 0.6) is 5.75 Å². The van der Waals surface area contributed by atoms with Crippen LogP contribution in [0.4, 0.5) is 0 Å². The lowest BCUT2D eigenvalue weighted by Crippen LogP contribution is -2.52. The third kappa shape index (κ3) is 5.97. The second kappa shape index (κ2) is 10.3. The first-order valence-corrected chi connectivity index (χ1v) is 10.3. The zero-order chi connectivity index (χ0) is 20.6. The van der Waals surface area contributed by atoms with Gasteiger partial charge >= 0.3 is 0 Å². The number of aliphatic imine (C=N–C) groups is 1. The molecule has 7 nitrogen and oxygen atoms in total. The fourth-order valence-electron chi connectivity index (χ4n) is 3.67. The van der Waals surface area contributed by atoms with E-state index in [9.17, 15) is 0 Å². The molecule has 1 unspecified atom stereocenters. The zero-order valence-electron chi connectivity index (χ0n) is 18.0. The van der Waals surface area contributed by atoms with E-state index in [0.29, 0.717) is 5.92 Å². The summed E-state index contributed by atoms with van der Waals surface area (Å²) in [5.41, 5.74) is 2.34. The van der Waals surface area contributed by atoms with Gasteiger partial charge < -0.3 is 19.5 Å². The first kappa shape index (κ1) is 21.2. The minimum atomic E-state index is 0.481. The van der Waals surface area contributed by atoms with E-state index in [0.717, 1.165) is 68.9 Å². The predicted molar refractivity (Wildman–Crippen MR) is 115 cm³/mol. The Labute approximate surface area is 173 Å². The fraction of sp³-hybridized carbons (Fsp3) is 0.545. The second-order valence-corrected chi connectivity index (χ2v) is 7.63. The van der Waals surface area contributed by atoms with Crippen LogP contribution in [-0.4, -0.2) is 67.8 Å². The lowest BCUT2D eigenvalue weighted by molar-refractivity contribution is 0.169. The Balaban J connectivity index is 1.41. The molecule has 1 fully saturated rings. The van der Waals surface area contributed by atoms with Gasteiger partial charge in [-0.1, -0.05) is 24.2 Å². The van der Waals surface area contributed by atoms with Crippen LogP contribution >= 0.6 is 0 Å². The van der Waals surface area contributed by atoms with Crippen LogP contribution < -0.4 is 10.1 Å². The number of hydrogen-bond donors (Lipinski definition) is 1. The number of rotatable bonds is 7. The molecule has 0 amide bonds. The highest BCUT2D eigenvalue weighted by Crippen LogP contribution is 2.21. The number of aromatic nitrogens is 1. The van der Waals surface area contributed by atoms with Crippen molar-refractivity contribution in [1.29, 1.82) is 0 Å². The van der Waals surface area contributed by atoms with E-state index in [1.165, 1.54) is 5.56 Å². The van der Waals surface area contributed by atoms with E-state index >= 15 is 0 Å². The molecule has 0 radical (unpaired) electrons. The smallest absolute Gasteiger partial charge is 0.193 e. The fourth-order valence-corrected chi connectivity index (χ4v) is 3.67. The van der Waals surface area contributed by atoms with Gasteiger partial charge in [-0.15, -0.1) is 0 Å². The highest BCUT2D eigenvalue weighted by molar-refractivity contribution is 5.80. The van der Waals surface area contributed by atoms with Gasteiger partial charge in [0.25, 0.3) is 0 Å². The predicted octanol–water partition coefficient (Wildman–Crippen LogP) is 2.88. The van der Waals surface area contributed by atoms with Crippen molar-refractivity contribution in [2.75, 3.05) is 46.9 Å². The number of hydrogen-bond acceptors (Lipinski definition) is 5. The van der Waals surface area contributed by atoms with E-state index in [1.807, 2.05) is 32.2 Å². The average Bonchev–Trinajstić information content (AvgIpc) is 3.16. The normalized spacial score (nSPS) is 16.7. The summed E-state index contributed by atoms with van der Waals surface area (Å²) < 4.78 is 10.4. The first-order chi connectivity index (χ1) is 14.1. The maximum absolute atomic E-state index is 5.24. The third-order valence-electron chi connectivity index (χ3n) is 5.49. The standard InChI is InChI=1S/C22H33N5O2/c1-17(19-5-7-21(28-4)8-6-19)9-10-24-22(23-3)27-13-11-26(12-14-27)16-20-15-18(2)29-25-20/h5-8,15,17H,9-14,16H2,1-4H3,(H,23,24). The number of aryl methyl sites for hydroxylation is 1. The molecular weight excluding hydrogens is 366 g/mol. The van der Waals surface area contributed by atoms with Crippen molar-refractivity contribution in [2.45, 2.75) is 32.7 Å². The summed E-state index contributed by atoms with van der Waals surface area (Å²) in [5.74, 6) is 3.24. The molecule has 0 bridgehead atoms. The highest BCUT2D eigenvalue weighted by atomic mass is 16.5. The van der Waals surface area contributed by atoms with E-state index in [4.69, 9.17) is 9.26 Å². The molecule has 0 saturated carbocycles. The molecule has 0 spiro atoms. The minimum Gasteiger partial charge on any atom is -0.497 e. The van der Waals surface area contributed by atoms with Gasteiger partial charge in [0, 0.05) is 52.4 Å². The summed E-state index contributed by atoms with van der Waals surface area (Å²) in [6.45, 7) is 9.85. The Bertz CT molecular complexity index is 779. The lowest BCUT2D eigenvalue weighted by atomic mass is 9.98. The summed E-state index contributed by atoms with van der Waals surface area (Å²) >= 11 is 0. The number of piperazine rings is 1. The van der Waals surface area contributed by atoms with Gasteiger partial charge in [-0.25, -0.2) is 0 Å². The van der Waals surface area contributed by atoms with E-state index in [-0.39, 0.29) is 0 Å². The maximum atomic E-state index is 5.24. The molecule has 29 heavy (non-hydrogen) atoms. The van der Waals surface area contributed by atoms with Gasteiger partial charge in [-0.2, -0.15) is 0 Å². The van der Waals surface area contributed by atoms with Crippen LogP contribution in [0.2, 0.25) is 0 Å². The number of nitrogens with zero attached hydrogens (tertiary/aromatic N) is 4. The van der Waals surface area contributed by atoms with Crippen LogP contribution in [0.15, 0.2) is 39.8 Å². The molecule has 3 rings (SSSR count). The maximum Gasteiger partial charge on any atom is 0.193 e. The third-order valence-corrected chi connectivity index (χ3v) is 5.49. The molecule has 158 valence electrons. The molecule has 1 N–H and O–H groups in total. The number of methoxy groups -OCH3 is 1. The average molecular weight is 400 g/mol. The van der Waals surface area contributed by atoms with Gasteiger partial charge in [0.1, 0.15) is 11.5 Å².